The van der Waals surface area contributed by atoms with Crippen LogP contribution in [0, 0.1) is 0 Å². The number of thioether (sulfide) groups is 1. The minimum absolute atomic E-state index is 0.0443. The molecular weight excluding hydrogens is 398 g/mol. The first kappa shape index (κ1) is 18.5. The molecule has 2 unspecified atom stereocenters. The summed E-state index contributed by atoms with van der Waals surface area (Å²) in [5.74, 6) is 1.06. The molecule has 0 aromatic heterocycles. The quantitative estimate of drug-likeness (QED) is 0.704. The van der Waals surface area contributed by atoms with E-state index in [4.69, 9.17) is 4.74 Å². The van der Waals surface area contributed by atoms with Crippen molar-refractivity contribution in [1.82, 2.24) is 4.90 Å². The molecule has 1 saturated heterocycles. The molecule has 0 bridgehead atoms. The van der Waals surface area contributed by atoms with Gasteiger partial charge in [-0.05, 0) is 30.2 Å². The normalized spacial score (nSPS) is 18.8. The Kier molecular flexibility index (Phi) is 6.57. The molecule has 3 nitrogen and oxygen atoms in total. The summed E-state index contributed by atoms with van der Waals surface area (Å²) in [6, 6.07) is 18.4. The van der Waals surface area contributed by atoms with Gasteiger partial charge in [-0.2, -0.15) is 0 Å². The maximum atomic E-state index is 12.8. The van der Waals surface area contributed by atoms with E-state index >= 15 is 0 Å². The third-order valence-electron chi connectivity index (χ3n) is 4.31. The number of nitrogens with zero attached hydrogens (tertiary/aromatic N) is 1. The lowest BCUT2D eigenvalue weighted by Gasteiger charge is -2.34. The minimum atomic E-state index is -0.0520. The van der Waals surface area contributed by atoms with Crippen molar-refractivity contribution in [2.24, 2.45) is 0 Å². The van der Waals surface area contributed by atoms with E-state index in [0.717, 1.165) is 15.8 Å². The van der Waals surface area contributed by atoms with Gasteiger partial charge in [-0.25, -0.2) is 0 Å². The monoisotopic (exact) mass is 419 g/mol. The van der Waals surface area contributed by atoms with Gasteiger partial charge in [0.1, 0.15) is 6.10 Å². The van der Waals surface area contributed by atoms with E-state index in [-0.39, 0.29) is 17.3 Å². The van der Waals surface area contributed by atoms with Crippen LogP contribution in [0.1, 0.15) is 24.2 Å². The molecule has 1 aliphatic rings. The van der Waals surface area contributed by atoms with E-state index in [1.807, 2.05) is 42.2 Å². The maximum Gasteiger partial charge on any atom is 0.235 e. The molecule has 2 aromatic rings. The Morgan fingerprint density at radius 3 is 2.68 bits per heavy atom. The summed E-state index contributed by atoms with van der Waals surface area (Å²) >= 11 is 5.14. The maximum absolute atomic E-state index is 12.8. The number of amides is 1. The van der Waals surface area contributed by atoms with Crippen molar-refractivity contribution in [1.29, 1.82) is 0 Å². The molecule has 1 amide bonds. The lowest BCUT2D eigenvalue weighted by molar-refractivity contribution is -0.138. The molecule has 0 saturated carbocycles. The van der Waals surface area contributed by atoms with Gasteiger partial charge in [-0.3, -0.25) is 4.79 Å². The highest BCUT2D eigenvalue weighted by atomic mass is 79.9. The molecule has 2 atom stereocenters. The van der Waals surface area contributed by atoms with Crippen molar-refractivity contribution in [2.45, 2.75) is 24.0 Å². The number of hydrogen-bond acceptors (Lipinski definition) is 3. The number of morpholine rings is 1. The number of halogens is 1. The molecule has 25 heavy (non-hydrogen) atoms. The van der Waals surface area contributed by atoms with Crippen LogP contribution in [0.25, 0.3) is 0 Å². The summed E-state index contributed by atoms with van der Waals surface area (Å²) in [4.78, 5) is 14.7. The number of ether oxygens (including phenoxy) is 1. The van der Waals surface area contributed by atoms with Gasteiger partial charge in [0, 0.05) is 16.8 Å². The SMILES string of the molecule is CC(SCc1ccccc1)C(=O)N1CCOC(c2ccc(Br)cc2)C1. The smallest absolute Gasteiger partial charge is 0.235 e. The van der Waals surface area contributed by atoms with Crippen LogP contribution in [0.4, 0.5) is 0 Å². The second-order valence-corrected chi connectivity index (χ2v) is 8.38. The fraction of sp³-hybridized carbons (Fsp3) is 0.350. The standard InChI is InChI=1S/C20H22BrNO2S/c1-15(25-14-16-5-3-2-4-6-16)20(23)22-11-12-24-19(13-22)17-7-9-18(21)10-8-17/h2-10,15,19H,11-14H2,1H3. The van der Waals surface area contributed by atoms with Crippen LogP contribution in [0.5, 0.6) is 0 Å². The van der Waals surface area contributed by atoms with Gasteiger partial charge in [0.05, 0.1) is 18.4 Å². The Balaban J connectivity index is 1.56. The van der Waals surface area contributed by atoms with Crippen molar-refractivity contribution in [3.05, 3.63) is 70.2 Å². The Hall–Kier alpha value is -1.30. The Bertz CT molecular complexity index is 693. The number of benzene rings is 2. The van der Waals surface area contributed by atoms with Gasteiger partial charge >= 0.3 is 0 Å². The van der Waals surface area contributed by atoms with Gasteiger partial charge in [-0.15, -0.1) is 11.8 Å². The van der Waals surface area contributed by atoms with Crippen LogP contribution in [0.3, 0.4) is 0 Å². The van der Waals surface area contributed by atoms with Crippen LogP contribution in [0.15, 0.2) is 59.1 Å². The molecular formula is C20H22BrNO2S. The zero-order valence-corrected chi connectivity index (χ0v) is 16.6. The van der Waals surface area contributed by atoms with E-state index in [1.54, 1.807) is 11.8 Å². The van der Waals surface area contributed by atoms with Crippen LogP contribution < -0.4 is 0 Å². The number of carbonyl (C=O) groups is 1. The van der Waals surface area contributed by atoms with E-state index in [1.165, 1.54) is 5.56 Å². The average Bonchev–Trinajstić information content (AvgIpc) is 2.67. The molecule has 0 N–H and O–H groups in total. The zero-order chi connectivity index (χ0) is 17.6. The summed E-state index contributed by atoms with van der Waals surface area (Å²) < 4.78 is 6.92. The Morgan fingerprint density at radius 1 is 1.24 bits per heavy atom. The van der Waals surface area contributed by atoms with Crippen molar-refractivity contribution < 1.29 is 9.53 Å². The van der Waals surface area contributed by atoms with Gasteiger partial charge in [0.15, 0.2) is 0 Å². The molecule has 0 spiro atoms. The predicted molar refractivity (Wildman–Crippen MR) is 107 cm³/mol. The van der Waals surface area contributed by atoms with Gasteiger partial charge < -0.3 is 9.64 Å². The fourth-order valence-corrected chi connectivity index (χ4v) is 4.04. The molecule has 2 aromatic carbocycles. The summed E-state index contributed by atoms with van der Waals surface area (Å²) in [5, 5.41) is -0.0520. The highest BCUT2D eigenvalue weighted by molar-refractivity contribution is 9.10. The van der Waals surface area contributed by atoms with E-state index < -0.39 is 0 Å². The first-order valence-electron chi connectivity index (χ1n) is 8.45. The third kappa shape index (κ3) is 5.09. The van der Waals surface area contributed by atoms with Crippen molar-refractivity contribution in [2.75, 3.05) is 19.7 Å². The van der Waals surface area contributed by atoms with E-state index in [2.05, 4.69) is 40.2 Å². The number of carbonyl (C=O) groups excluding carboxylic acids is 1. The predicted octanol–water partition coefficient (Wildman–Crippen LogP) is 4.67. The van der Waals surface area contributed by atoms with Crippen molar-refractivity contribution >= 4 is 33.6 Å². The van der Waals surface area contributed by atoms with Gasteiger partial charge in [0.2, 0.25) is 5.91 Å². The van der Waals surface area contributed by atoms with Gasteiger partial charge in [-0.1, -0.05) is 58.4 Å². The molecule has 3 rings (SSSR count). The lowest BCUT2D eigenvalue weighted by Crippen LogP contribution is -2.45. The largest absolute Gasteiger partial charge is 0.370 e. The highest BCUT2D eigenvalue weighted by Gasteiger charge is 2.28. The Morgan fingerprint density at radius 2 is 1.96 bits per heavy atom. The van der Waals surface area contributed by atoms with Crippen molar-refractivity contribution in [3.8, 4) is 0 Å². The molecule has 0 radical (unpaired) electrons. The summed E-state index contributed by atoms with van der Waals surface area (Å²) in [6.45, 7) is 3.88. The first-order valence-corrected chi connectivity index (χ1v) is 10.3. The van der Waals surface area contributed by atoms with Crippen LogP contribution in [0.2, 0.25) is 0 Å². The summed E-state index contributed by atoms with van der Waals surface area (Å²) in [6.07, 6.45) is -0.0443. The fourth-order valence-electron chi connectivity index (χ4n) is 2.85. The lowest BCUT2D eigenvalue weighted by atomic mass is 10.1. The van der Waals surface area contributed by atoms with Gasteiger partial charge in [0.25, 0.3) is 0 Å². The first-order chi connectivity index (χ1) is 12.1. The molecule has 1 fully saturated rings. The Labute approximate surface area is 161 Å². The number of rotatable bonds is 5. The molecule has 5 heteroatoms. The van der Waals surface area contributed by atoms with Crippen LogP contribution in [-0.2, 0) is 15.3 Å². The molecule has 1 aliphatic heterocycles. The van der Waals surface area contributed by atoms with Crippen LogP contribution in [-0.4, -0.2) is 35.8 Å². The average molecular weight is 420 g/mol. The zero-order valence-electron chi connectivity index (χ0n) is 14.2. The summed E-state index contributed by atoms with van der Waals surface area (Å²) in [5.41, 5.74) is 2.37. The summed E-state index contributed by atoms with van der Waals surface area (Å²) in [7, 11) is 0. The van der Waals surface area contributed by atoms with Crippen molar-refractivity contribution in [3.63, 3.8) is 0 Å². The topological polar surface area (TPSA) is 29.5 Å². The molecule has 1 heterocycles. The third-order valence-corrected chi connectivity index (χ3v) is 6.04. The molecule has 0 aliphatic carbocycles. The van der Waals surface area contributed by atoms with E-state index in [9.17, 15) is 4.79 Å². The second kappa shape index (κ2) is 8.88. The minimum Gasteiger partial charge on any atom is -0.370 e. The van der Waals surface area contributed by atoms with Crippen LogP contribution >= 0.6 is 27.7 Å². The second-order valence-electron chi connectivity index (χ2n) is 6.13. The highest BCUT2D eigenvalue weighted by Crippen LogP contribution is 2.26. The van der Waals surface area contributed by atoms with E-state index in [0.29, 0.717) is 19.7 Å². The molecule has 132 valence electrons. The number of hydrogen-bond donors (Lipinski definition) is 0.